The van der Waals surface area contributed by atoms with Crippen molar-refractivity contribution in [2.24, 2.45) is 5.92 Å². The molecule has 1 aromatic carbocycles. The molecule has 0 aromatic heterocycles. The van der Waals surface area contributed by atoms with Crippen molar-refractivity contribution in [1.29, 1.82) is 0 Å². The lowest BCUT2D eigenvalue weighted by molar-refractivity contribution is -0.127. The van der Waals surface area contributed by atoms with Crippen molar-refractivity contribution in [2.45, 2.75) is 45.8 Å². The summed E-state index contributed by atoms with van der Waals surface area (Å²) in [6.45, 7) is 7.82. The molecular weight excluding hydrogens is 266 g/mol. The Morgan fingerprint density at radius 2 is 1.86 bits per heavy atom. The molecule has 4 heteroatoms. The minimum absolute atomic E-state index is 0.141. The number of piperidine rings is 1. The number of ketones is 1. The molecule has 0 bridgehead atoms. The second-order valence-electron chi connectivity index (χ2n) is 6.63. The van der Waals surface area contributed by atoms with Crippen LogP contribution in [0.5, 0.6) is 0 Å². The van der Waals surface area contributed by atoms with Crippen LogP contribution in [0.3, 0.4) is 0 Å². The largest absolute Gasteiger partial charge is 0.444 e. The number of amides is 1. The van der Waals surface area contributed by atoms with E-state index in [4.69, 9.17) is 4.74 Å². The molecule has 0 saturated carbocycles. The SMILES string of the molecule is CC1CN(C(=O)OC(C)(C)C)[C@@H](c2ccccc2)CC1=O. The number of ether oxygens (including phenoxy) is 1. The maximum atomic E-state index is 12.4. The third kappa shape index (κ3) is 3.84. The van der Waals surface area contributed by atoms with Crippen LogP contribution < -0.4 is 0 Å². The van der Waals surface area contributed by atoms with Gasteiger partial charge in [-0.05, 0) is 26.3 Å². The van der Waals surface area contributed by atoms with E-state index in [0.29, 0.717) is 13.0 Å². The van der Waals surface area contributed by atoms with Crippen LogP contribution in [0.2, 0.25) is 0 Å². The average Bonchev–Trinajstić information content (AvgIpc) is 2.40. The van der Waals surface area contributed by atoms with Crippen molar-refractivity contribution in [3.05, 3.63) is 35.9 Å². The molecule has 4 nitrogen and oxygen atoms in total. The van der Waals surface area contributed by atoms with Gasteiger partial charge in [0.2, 0.25) is 0 Å². The number of carbonyl (C=O) groups excluding carboxylic acids is 2. The highest BCUT2D eigenvalue weighted by Gasteiger charge is 2.37. The van der Waals surface area contributed by atoms with Crippen LogP contribution >= 0.6 is 0 Å². The van der Waals surface area contributed by atoms with E-state index in [2.05, 4.69) is 0 Å². The first-order chi connectivity index (χ1) is 9.78. The minimum Gasteiger partial charge on any atom is -0.444 e. The smallest absolute Gasteiger partial charge is 0.410 e. The van der Waals surface area contributed by atoms with E-state index in [1.165, 1.54) is 0 Å². The van der Waals surface area contributed by atoms with E-state index in [-0.39, 0.29) is 23.8 Å². The number of nitrogens with zero attached hydrogens (tertiary/aromatic N) is 1. The molecule has 0 radical (unpaired) electrons. The van der Waals surface area contributed by atoms with E-state index >= 15 is 0 Å². The van der Waals surface area contributed by atoms with Crippen LogP contribution in [0.25, 0.3) is 0 Å². The van der Waals surface area contributed by atoms with Gasteiger partial charge in [-0.15, -0.1) is 0 Å². The van der Waals surface area contributed by atoms with Crippen LogP contribution in [0, 0.1) is 5.92 Å². The fourth-order valence-corrected chi connectivity index (χ4v) is 2.52. The van der Waals surface area contributed by atoms with Crippen molar-refractivity contribution >= 4 is 11.9 Å². The standard InChI is InChI=1S/C17H23NO3/c1-12-11-18(16(20)21-17(2,3)4)14(10-15(12)19)13-8-6-5-7-9-13/h5-9,12,14H,10-11H2,1-4H3/t12?,14-/m1/s1. The number of benzene rings is 1. The molecule has 1 fully saturated rings. The molecule has 1 saturated heterocycles. The lowest BCUT2D eigenvalue weighted by Crippen LogP contribution is -2.47. The van der Waals surface area contributed by atoms with E-state index in [1.54, 1.807) is 4.90 Å². The van der Waals surface area contributed by atoms with Crippen LogP contribution in [0.4, 0.5) is 4.79 Å². The second kappa shape index (κ2) is 5.88. The Balaban J connectivity index is 2.26. The molecule has 1 aromatic rings. The number of Topliss-reactive ketones (excluding diaryl/α,β-unsaturated/α-hetero) is 1. The monoisotopic (exact) mass is 289 g/mol. The zero-order valence-corrected chi connectivity index (χ0v) is 13.1. The molecule has 1 aliphatic heterocycles. The fraction of sp³-hybridized carbons (Fsp3) is 0.529. The van der Waals surface area contributed by atoms with E-state index in [0.717, 1.165) is 5.56 Å². The van der Waals surface area contributed by atoms with Gasteiger partial charge in [-0.25, -0.2) is 4.79 Å². The molecule has 0 N–H and O–H groups in total. The first-order valence-electron chi connectivity index (χ1n) is 7.35. The fourth-order valence-electron chi connectivity index (χ4n) is 2.52. The maximum absolute atomic E-state index is 12.4. The highest BCUT2D eigenvalue weighted by atomic mass is 16.6. The van der Waals surface area contributed by atoms with Gasteiger partial charge < -0.3 is 9.64 Å². The van der Waals surface area contributed by atoms with Gasteiger partial charge >= 0.3 is 6.09 Å². The predicted molar refractivity (Wildman–Crippen MR) is 80.9 cm³/mol. The van der Waals surface area contributed by atoms with Crippen molar-refractivity contribution in [2.75, 3.05) is 6.54 Å². The first-order valence-corrected chi connectivity index (χ1v) is 7.35. The molecule has 1 heterocycles. The van der Waals surface area contributed by atoms with Crippen molar-refractivity contribution in [1.82, 2.24) is 4.90 Å². The summed E-state index contributed by atoms with van der Waals surface area (Å²) in [4.78, 5) is 26.2. The van der Waals surface area contributed by atoms with Gasteiger partial charge in [-0.3, -0.25) is 4.79 Å². The zero-order valence-electron chi connectivity index (χ0n) is 13.1. The summed E-state index contributed by atoms with van der Waals surface area (Å²) in [5.74, 6) is 0.0566. The summed E-state index contributed by atoms with van der Waals surface area (Å²) in [7, 11) is 0. The van der Waals surface area contributed by atoms with Crippen LogP contribution in [-0.4, -0.2) is 28.9 Å². The molecular formula is C17H23NO3. The van der Waals surface area contributed by atoms with Crippen molar-refractivity contribution in [3.63, 3.8) is 0 Å². The van der Waals surface area contributed by atoms with E-state index < -0.39 is 5.60 Å². The maximum Gasteiger partial charge on any atom is 0.410 e. The number of hydrogen-bond donors (Lipinski definition) is 0. The first kappa shape index (κ1) is 15.5. The quantitative estimate of drug-likeness (QED) is 0.794. The van der Waals surface area contributed by atoms with Gasteiger partial charge in [0.25, 0.3) is 0 Å². The van der Waals surface area contributed by atoms with Crippen LogP contribution in [0.1, 0.15) is 45.7 Å². The van der Waals surface area contributed by atoms with E-state index in [1.807, 2.05) is 58.0 Å². The lowest BCUT2D eigenvalue weighted by Gasteiger charge is -2.38. The number of carbonyl (C=O) groups is 2. The predicted octanol–water partition coefficient (Wildman–Crippen LogP) is 3.57. The highest BCUT2D eigenvalue weighted by molar-refractivity contribution is 5.84. The molecule has 2 atom stereocenters. The van der Waals surface area contributed by atoms with Gasteiger partial charge in [0.1, 0.15) is 11.4 Å². The Hall–Kier alpha value is -1.84. The summed E-state index contributed by atoms with van der Waals surface area (Å²) in [5, 5.41) is 0. The van der Waals surface area contributed by atoms with Gasteiger partial charge in [0.15, 0.2) is 0 Å². The average molecular weight is 289 g/mol. The van der Waals surface area contributed by atoms with Gasteiger partial charge in [0.05, 0.1) is 6.04 Å². The molecule has 0 aliphatic carbocycles. The summed E-state index contributed by atoms with van der Waals surface area (Å²) in [5.41, 5.74) is 0.437. The normalized spacial score (nSPS) is 23.0. The minimum atomic E-state index is -0.539. The highest BCUT2D eigenvalue weighted by Crippen LogP contribution is 2.32. The number of likely N-dealkylation sites (tertiary alicyclic amines) is 1. The molecule has 0 spiro atoms. The lowest BCUT2D eigenvalue weighted by atomic mass is 9.89. The second-order valence-corrected chi connectivity index (χ2v) is 6.63. The van der Waals surface area contributed by atoms with Crippen LogP contribution in [0.15, 0.2) is 30.3 Å². The molecule has 1 amide bonds. The Morgan fingerprint density at radius 3 is 2.43 bits per heavy atom. The third-order valence-corrected chi connectivity index (χ3v) is 3.60. The topological polar surface area (TPSA) is 46.6 Å². The molecule has 21 heavy (non-hydrogen) atoms. The molecule has 114 valence electrons. The number of hydrogen-bond acceptors (Lipinski definition) is 3. The third-order valence-electron chi connectivity index (χ3n) is 3.60. The zero-order chi connectivity index (χ0) is 15.6. The van der Waals surface area contributed by atoms with Crippen molar-refractivity contribution in [3.8, 4) is 0 Å². The summed E-state index contributed by atoms with van der Waals surface area (Å²) in [6, 6.07) is 9.44. The van der Waals surface area contributed by atoms with Crippen LogP contribution in [-0.2, 0) is 9.53 Å². The summed E-state index contributed by atoms with van der Waals surface area (Å²) < 4.78 is 5.49. The summed E-state index contributed by atoms with van der Waals surface area (Å²) in [6.07, 6.45) is 0.000409. The Morgan fingerprint density at radius 1 is 1.24 bits per heavy atom. The van der Waals surface area contributed by atoms with Gasteiger partial charge in [0, 0.05) is 18.9 Å². The number of rotatable bonds is 1. The Bertz CT molecular complexity index is 519. The Kier molecular flexibility index (Phi) is 4.35. The van der Waals surface area contributed by atoms with Gasteiger partial charge in [-0.1, -0.05) is 37.3 Å². The molecule has 1 aliphatic rings. The molecule has 2 rings (SSSR count). The van der Waals surface area contributed by atoms with Gasteiger partial charge in [-0.2, -0.15) is 0 Å². The van der Waals surface area contributed by atoms with E-state index in [9.17, 15) is 9.59 Å². The van der Waals surface area contributed by atoms with Crippen molar-refractivity contribution < 1.29 is 14.3 Å². The Labute approximate surface area is 126 Å². The summed E-state index contributed by atoms with van der Waals surface area (Å²) >= 11 is 0. The molecule has 1 unspecified atom stereocenters.